The van der Waals surface area contributed by atoms with Gasteiger partial charge in [-0.05, 0) is 86.6 Å². The molecule has 216 valence electrons. The third-order valence-electron chi connectivity index (χ3n) is 7.82. The maximum absolute atomic E-state index is 14.1. The molecule has 0 spiro atoms. The van der Waals surface area contributed by atoms with E-state index >= 15 is 0 Å². The van der Waals surface area contributed by atoms with E-state index in [9.17, 15) is 18.0 Å². The maximum Gasteiger partial charge on any atom is 0.265 e. The molecule has 2 aliphatic heterocycles. The molecule has 2 amide bonds. The SMILES string of the molecule is Cc1cc(S(=O)(=O)N2c3ccccc3NC(=O)[C@H]2CC(=O)NCCC2CCN(c3ccccn3)CC2)c(C)cc1Cl. The molecule has 1 fully saturated rings. The van der Waals surface area contributed by atoms with Crippen LogP contribution in [0.25, 0.3) is 0 Å². The number of aryl methyl sites for hydroxylation is 2. The van der Waals surface area contributed by atoms with Gasteiger partial charge >= 0.3 is 0 Å². The first-order chi connectivity index (χ1) is 19.6. The van der Waals surface area contributed by atoms with Crippen LogP contribution < -0.4 is 19.8 Å². The number of aromatic nitrogens is 1. The number of rotatable bonds is 8. The number of carbonyl (C=O) groups excluding carboxylic acids is 2. The van der Waals surface area contributed by atoms with Crippen LogP contribution in [-0.2, 0) is 19.6 Å². The Bertz CT molecular complexity index is 1540. The summed E-state index contributed by atoms with van der Waals surface area (Å²) < 4.78 is 29.3. The fourth-order valence-electron chi connectivity index (χ4n) is 5.53. The Kier molecular flexibility index (Phi) is 8.51. The summed E-state index contributed by atoms with van der Waals surface area (Å²) >= 11 is 6.23. The minimum Gasteiger partial charge on any atom is -0.357 e. The summed E-state index contributed by atoms with van der Waals surface area (Å²) in [5, 5.41) is 6.15. The Hall–Kier alpha value is -3.63. The van der Waals surface area contributed by atoms with Gasteiger partial charge in [0.25, 0.3) is 10.0 Å². The molecular weight excluding hydrogens is 562 g/mol. The van der Waals surface area contributed by atoms with Crippen LogP contribution in [0.2, 0.25) is 5.02 Å². The number of para-hydroxylation sites is 2. The van der Waals surface area contributed by atoms with Crippen LogP contribution in [0.4, 0.5) is 17.2 Å². The lowest BCUT2D eigenvalue weighted by Gasteiger charge is -2.37. The molecule has 0 saturated carbocycles. The summed E-state index contributed by atoms with van der Waals surface area (Å²) in [6.07, 6.45) is 4.31. The van der Waals surface area contributed by atoms with Crippen LogP contribution in [0, 0.1) is 19.8 Å². The lowest BCUT2D eigenvalue weighted by atomic mass is 9.93. The highest BCUT2D eigenvalue weighted by Crippen LogP contribution is 2.38. The van der Waals surface area contributed by atoms with E-state index in [0.29, 0.717) is 40.0 Å². The average molecular weight is 596 g/mol. The van der Waals surface area contributed by atoms with Crippen molar-refractivity contribution in [3.63, 3.8) is 0 Å². The van der Waals surface area contributed by atoms with Gasteiger partial charge in [0.15, 0.2) is 0 Å². The van der Waals surface area contributed by atoms with Gasteiger partial charge in [0.05, 0.1) is 22.7 Å². The monoisotopic (exact) mass is 595 g/mol. The molecule has 2 N–H and O–H groups in total. The normalized spacial score (nSPS) is 17.6. The Balaban J connectivity index is 1.27. The van der Waals surface area contributed by atoms with Gasteiger partial charge in [-0.25, -0.2) is 13.4 Å². The largest absolute Gasteiger partial charge is 0.357 e. The first-order valence-electron chi connectivity index (χ1n) is 13.8. The predicted molar refractivity (Wildman–Crippen MR) is 161 cm³/mol. The standard InChI is InChI=1S/C30H34ClN5O4S/c1-20-18-27(21(2)17-23(20)31)41(39,40)36-25-8-4-3-7-24(25)34-30(38)26(36)19-29(37)33-14-10-22-11-15-35(16-12-22)28-9-5-6-13-32-28/h3-9,13,17-18,22,26H,10-12,14-16,19H2,1-2H3,(H,33,37)(H,34,38)/t26-/m1/s1. The summed E-state index contributed by atoms with van der Waals surface area (Å²) in [6, 6.07) is 14.5. The quantitative estimate of drug-likeness (QED) is 0.391. The van der Waals surface area contributed by atoms with Crippen molar-refractivity contribution < 1.29 is 18.0 Å². The van der Waals surface area contributed by atoms with Crippen molar-refractivity contribution in [3.8, 4) is 0 Å². The Morgan fingerprint density at radius 1 is 1.07 bits per heavy atom. The van der Waals surface area contributed by atoms with E-state index in [1.165, 1.54) is 6.07 Å². The fourth-order valence-corrected chi connectivity index (χ4v) is 7.67. The van der Waals surface area contributed by atoms with Crippen molar-refractivity contribution in [2.24, 2.45) is 5.92 Å². The molecule has 5 rings (SSSR count). The second-order valence-corrected chi connectivity index (χ2v) is 12.8. The van der Waals surface area contributed by atoms with Crippen LogP contribution in [0.15, 0.2) is 65.7 Å². The van der Waals surface area contributed by atoms with E-state index in [1.807, 2.05) is 18.2 Å². The van der Waals surface area contributed by atoms with Gasteiger partial charge in [0, 0.05) is 30.9 Å². The highest BCUT2D eigenvalue weighted by Gasteiger charge is 2.42. The lowest BCUT2D eigenvalue weighted by molar-refractivity contribution is -0.125. The Morgan fingerprint density at radius 2 is 1.80 bits per heavy atom. The Morgan fingerprint density at radius 3 is 2.54 bits per heavy atom. The van der Waals surface area contributed by atoms with Crippen molar-refractivity contribution in [3.05, 3.63) is 76.9 Å². The maximum atomic E-state index is 14.1. The van der Waals surface area contributed by atoms with Crippen molar-refractivity contribution >= 4 is 50.6 Å². The summed E-state index contributed by atoms with van der Waals surface area (Å²) in [5.41, 5.74) is 1.75. The zero-order chi connectivity index (χ0) is 29.1. The van der Waals surface area contributed by atoms with Crippen molar-refractivity contribution in [1.82, 2.24) is 10.3 Å². The van der Waals surface area contributed by atoms with Crippen molar-refractivity contribution in [2.75, 3.05) is 34.2 Å². The molecule has 0 aliphatic carbocycles. The number of anilines is 3. The number of nitrogens with one attached hydrogen (secondary N) is 2. The molecule has 9 nitrogen and oxygen atoms in total. The first kappa shape index (κ1) is 28.9. The van der Waals surface area contributed by atoms with Gasteiger partial charge in [0.1, 0.15) is 11.9 Å². The third-order valence-corrected chi connectivity index (χ3v) is 10.2. The minimum atomic E-state index is -4.21. The van der Waals surface area contributed by atoms with Gasteiger partial charge in [-0.15, -0.1) is 0 Å². The van der Waals surface area contributed by atoms with Crippen LogP contribution in [-0.4, -0.2) is 50.9 Å². The number of nitrogens with zero attached hydrogens (tertiary/aromatic N) is 3. The number of sulfonamides is 1. The number of fused-ring (bicyclic) bond motifs is 1. The van der Waals surface area contributed by atoms with Gasteiger partial charge in [0.2, 0.25) is 11.8 Å². The number of hydrogen-bond acceptors (Lipinski definition) is 6. The molecule has 0 unspecified atom stereocenters. The average Bonchev–Trinajstić information content (AvgIpc) is 2.96. The molecule has 1 atom stereocenters. The van der Waals surface area contributed by atoms with Gasteiger partial charge in [-0.3, -0.25) is 13.9 Å². The van der Waals surface area contributed by atoms with E-state index in [1.54, 1.807) is 50.4 Å². The highest BCUT2D eigenvalue weighted by molar-refractivity contribution is 7.93. The fraction of sp³-hybridized carbons (Fsp3) is 0.367. The molecule has 1 aromatic heterocycles. The van der Waals surface area contributed by atoms with Crippen LogP contribution in [0.1, 0.15) is 36.8 Å². The Labute approximate surface area is 246 Å². The van der Waals surface area contributed by atoms with Crippen LogP contribution >= 0.6 is 11.6 Å². The van der Waals surface area contributed by atoms with Gasteiger partial charge < -0.3 is 15.5 Å². The second-order valence-electron chi connectivity index (χ2n) is 10.7. The molecule has 0 bridgehead atoms. The summed E-state index contributed by atoms with van der Waals surface area (Å²) in [6.45, 7) is 5.67. The topological polar surface area (TPSA) is 112 Å². The molecule has 41 heavy (non-hydrogen) atoms. The van der Waals surface area contributed by atoms with Gasteiger partial charge in [-0.2, -0.15) is 0 Å². The van der Waals surface area contributed by atoms with E-state index < -0.39 is 22.0 Å². The van der Waals surface area contributed by atoms with Crippen molar-refractivity contribution in [1.29, 1.82) is 0 Å². The number of piperidine rings is 1. The first-order valence-corrected chi connectivity index (χ1v) is 15.6. The second kappa shape index (κ2) is 12.1. The summed E-state index contributed by atoms with van der Waals surface area (Å²) in [7, 11) is -4.21. The molecular formula is C30H34ClN5O4S. The van der Waals surface area contributed by atoms with Crippen molar-refractivity contribution in [2.45, 2.75) is 50.5 Å². The molecule has 3 aromatic rings. The van der Waals surface area contributed by atoms with E-state index in [-0.39, 0.29) is 17.2 Å². The molecule has 2 aliphatic rings. The summed E-state index contributed by atoms with van der Waals surface area (Å²) in [5.74, 6) is 0.524. The van der Waals surface area contributed by atoms with Crippen LogP contribution in [0.5, 0.6) is 0 Å². The minimum absolute atomic E-state index is 0.0476. The lowest BCUT2D eigenvalue weighted by Crippen LogP contribution is -2.53. The smallest absolute Gasteiger partial charge is 0.265 e. The zero-order valence-corrected chi connectivity index (χ0v) is 24.7. The van der Waals surface area contributed by atoms with Gasteiger partial charge in [-0.1, -0.05) is 29.8 Å². The highest BCUT2D eigenvalue weighted by atomic mass is 35.5. The van der Waals surface area contributed by atoms with E-state index in [0.717, 1.165) is 42.5 Å². The predicted octanol–water partition coefficient (Wildman–Crippen LogP) is 4.68. The van der Waals surface area contributed by atoms with Crippen LogP contribution in [0.3, 0.4) is 0 Å². The zero-order valence-electron chi connectivity index (χ0n) is 23.1. The number of halogens is 1. The molecule has 1 saturated heterocycles. The number of carbonyl (C=O) groups is 2. The number of pyridine rings is 1. The molecule has 3 heterocycles. The molecule has 2 aromatic carbocycles. The van der Waals surface area contributed by atoms with E-state index in [4.69, 9.17) is 11.6 Å². The summed E-state index contributed by atoms with van der Waals surface area (Å²) in [4.78, 5) is 33.0. The molecule has 11 heteroatoms. The third kappa shape index (κ3) is 6.18. The number of amides is 2. The van der Waals surface area contributed by atoms with E-state index in [2.05, 4.69) is 20.5 Å². The number of hydrogen-bond donors (Lipinski definition) is 2. The molecule has 0 radical (unpaired) electrons. The number of benzene rings is 2.